The third-order valence-electron chi connectivity index (χ3n) is 5.15. The summed E-state index contributed by atoms with van der Waals surface area (Å²) in [5, 5.41) is 9.08. The Bertz CT molecular complexity index is 1100. The van der Waals surface area contributed by atoms with Gasteiger partial charge in [-0.05, 0) is 36.5 Å². The molecule has 1 aliphatic rings. The van der Waals surface area contributed by atoms with Crippen molar-refractivity contribution in [2.45, 2.75) is 26.7 Å². The topological polar surface area (TPSA) is 111 Å². The summed E-state index contributed by atoms with van der Waals surface area (Å²) in [7, 11) is 1.84. The van der Waals surface area contributed by atoms with Crippen molar-refractivity contribution < 1.29 is 14.3 Å². The number of aryl methyl sites for hydroxylation is 1. The van der Waals surface area contributed by atoms with E-state index in [1.54, 1.807) is 35.3 Å². The average molecular weight is 420 g/mol. The number of carbonyl (C=O) groups excluding carboxylic acids is 2. The molecule has 0 spiro atoms. The van der Waals surface area contributed by atoms with Gasteiger partial charge in [-0.2, -0.15) is 5.10 Å². The minimum Gasteiger partial charge on any atom is -0.456 e. The van der Waals surface area contributed by atoms with E-state index in [0.29, 0.717) is 17.3 Å². The second-order valence-electron chi connectivity index (χ2n) is 8.47. The average Bonchev–Trinajstić information content (AvgIpc) is 3.14. The van der Waals surface area contributed by atoms with Crippen LogP contribution in [-0.4, -0.2) is 31.7 Å². The number of hydrogen-bond donors (Lipinski definition) is 2. The molecule has 0 atom stereocenters. The van der Waals surface area contributed by atoms with Crippen molar-refractivity contribution in [2.24, 2.45) is 18.4 Å². The van der Waals surface area contributed by atoms with Crippen molar-refractivity contribution in [2.75, 3.05) is 5.32 Å². The summed E-state index contributed by atoms with van der Waals surface area (Å²) in [5.41, 5.74) is 1.80. The zero-order valence-corrected chi connectivity index (χ0v) is 17.6. The Hall–Kier alpha value is -3.75. The Kier molecular flexibility index (Phi) is 5.41. The molecule has 2 N–H and O–H groups in total. The summed E-state index contributed by atoms with van der Waals surface area (Å²) in [6.45, 7) is 4.21. The predicted octanol–water partition coefficient (Wildman–Crippen LogP) is 3.75. The first-order chi connectivity index (χ1) is 14.8. The minimum absolute atomic E-state index is 0.110. The highest BCUT2D eigenvalue weighted by Crippen LogP contribution is 2.44. The van der Waals surface area contributed by atoms with E-state index >= 15 is 0 Å². The molecule has 0 bridgehead atoms. The van der Waals surface area contributed by atoms with Crippen LogP contribution >= 0.6 is 0 Å². The van der Waals surface area contributed by atoms with Crippen LogP contribution in [0.2, 0.25) is 0 Å². The molecule has 1 saturated carbocycles. The number of carbonyl (C=O) groups is 2. The number of nitrogens with zero attached hydrogens (tertiary/aromatic N) is 4. The molecule has 3 aromatic heterocycles. The maximum absolute atomic E-state index is 12.1. The summed E-state index contributed by atoms with van der Waals surface area (Å²) in [5.74, 6) is 1.06. The maximum Gasteiger partial charge on any atom is 0.327 e. The van der Waals surface area contributed by atoms with Gasteiger partial charge in [-0.3, -0.25) is 25.1 Å². The third-order valence-corrected chi connectivity index (χ3v) is 5.15. The number of ether oxygens (including phenoxy) is 1. The normalized spacial score (nSPS) is 15.1. The first-order valence-electron chi connectivity index (χ1n) is 9.98. The molecule has 160 valence electrons. The summed E-state index contributed by atoms with van der Waals surface area (Å²) < 4.78 is 7.54. The molecule has 0 aliphatic heterocycles. The Balaban J connectivity index is 1.32. The third kappa shape index (κ3) is 5.06. The van der Waals surface area contributed by atoms with E-state index in [1.165, 1.54) is 6.20 Å². The van der Waals surface area contributed by atoms with Gasteiger partial charge in [0.1, 0.15) is 17.3 Å². The van der Waals surface area contributed by atoms with Gasteiger partial charge in [0, 0.05) is 37.0 Å². The number of rotatable bonds is 5. The van der Waals surface area contributed by atoms with Crippen LogP contribution in [0.5, 0.6) is 11.5 Å². The lowest BCUT2D eigenvalue weighted by Crippen LogP contribution is -2.45. The zero-order valence-electron chi connectivity index (χ0n) is 17.6. The van der Waals surface area contributed by atoms with Gasteiger partial charge >= 0.3 is 6.03 Å². The number of hydrogen-bond acceptors (Lipinski definition) is 6. The van der Waals surface area contributed by atoms with Crippen LogP contribution in [-0.2, 0) is 11.8 Å². The predicted molar refractivity (Wildman–Crippen MR) is 114 cm³/mol. The molecular formula is C22H24N6O3. The number of amides is 3. The van der Waals surface area contributed by atoms with E-state index in [9.17, 15) is 9.59 Å². The highest BCUT2D eigenvalue weighted by atomic mass is 16.5. The number of anilines is 1. The van der Waals surface area contributed by atoms with Crippen LogP contribution in [0.15, 0.2) is 49.1 Å². The number of pyridine rings is 2. The summed E-state index contributed by atoms with van der Waals surface area (Å²) >= 11 is 0. The van der Waals surface area contributed by atoms with E-state index in [2.05, 4.69) is 39.5 Å². The second-order valence-corrected chi connectivity index (χ2v) is 8.47. The van der Waals surface area contributed by atoms with E-state index in [4.69, 9.17) is 4.74 Å². The first kappa shape index (κ1) is 20.5. The highest BCUT2D eigenvalue weighted by molar-refractivity contribution is 6.01. The fraction of sp³-hybridized carbons (Fsp3) is 0.318. The maximum atomic E-state index is 12.1. The van der Waals surface area contributed by atoms with Gasteiger partial charge in [0.25, 0.3) is 0 Å². The van der Waals surface area contributed by atoms with E-state index in [0.717, 1.165) is 24.1 Å². The molecule has 3 aromatic rings. The lowest BCUT2D eigenvalue weighted by Gasteiger charge is -2.41. The molecular weight excluding hydrogens is 396 g/mol. The van der Waals surface area contributed by atoms with Gasteiger partial charge in [-0.1, -0.05) is 13.8 Å². The van der Waals surface area contributed by atoms with E-state index < -0.39 is 6.03 Å². The van der Waals surface area contributed by atoms with Crippen molar-refractivity contribution in [3.8, 4) is 22.8 Å². The van der Waals surface area contributed by atoms with E-state index in [-0.39, 0.29) is 17.2 Å². The Morgan fingerprint density at radius 3 is 2.58 bits per heavy atom. The molecule has 0 aromatic carbocycles. The Morgan fingerprint density at radius 2 is 1.94 bits per heavy atom. The van der Waals surface area contributed by atoms with E-state index in [1.807, 2.05) is 19.3 Å². The molecule has 31 heavy (non-hydrogen) atoms. The molecule has 9 heteroatoms. The van der Waals surface area contributed by atoms with Crippen LogP contribution in [0.25, 0.3) is 11.3 Å². The lowest BCUT2D eigenvalue weighted by molar-refractivity contribution is -0.130. The van der Waals surface area contributed by atoms with Crippen LogP contribution in [0.4, 0.5) is 10.6 Å². The second kappa shape index (κ2) is 8.17. The van der Waals surface area contributed by atoms with Crippen LogP contribution in [0.1, 0.15) is 26.7 Å². The van der Waals surface area contributed by atoms with Gasteiger partial charge in [0.2, 0.25) is 5.91 Å². The lowest BCUT2D eigenvalue weighted by atomic mass is 9.64. The fourth-order valence-electron chi connectivity index (χ4n) is 3.66. The van der Waals surface area contributed by atoms with Crippen molar-refractivity contribution in [1.82, 2.24) is 25.1 Å². The van der Waals surface area contributed by atoms with Gasteiger partial charge < -0.3 is 4.74 Å². The van der Waals surface area contributed by atoms with Crippen molar-refractivity contribution in [3.63, 3.8) is 0 Å². The SMILES string of the molecule is Cn1cc(-c2cc(Oc3ccc(NC(=O)NC(=O)C4CC(C)(C)C4)nc3)ccn2)cn1. The quantitative estimate of drug-likeness (QED) is 0.650. The van der Waals surface area contributed by atoms with Gasteiger partial charge in [-0.15, -0.1) is 0 Å². The molecule has 3 heterocycles. The molecule has 4 rings (SSSR count). The molecule has 0 radical (unpaired) electrons. The summed E-state index contributed by atoms with van der Waals surface area (Å²) in [6, 6.07) is 6.25. The van der Waals surface area contributed by atoms with Crippen LogP contribution in [0.3, 0.4) is 0 Å². The van der Waals surface area contributed by atoms with Gasteiger partial charge in [-0.25, -0.2) is 9.78 Å². The van der Waals surface area contributed by atoms with Gasteiger partial charge in [0.05, 0.1) is 18.1 Å². The standard InChI is InChI=1S/C22H24N6O3/c1-22(2)9-14(10-22)20(29)27-21(30)26-19-5-4-17(12-24-19)31-16-6-7-23-18(8-16)15-11-25-28(3)13-15/h4-8,11-14H,9-10H2,1-3H3,(H2,24,26,27,29,30). The molecule has 9 nitrogen and oxygen atoms in total. The Labute approximate surface area is 179 Å². The number of nitrogens with one attached hydrogen (secondary N) is 2. The van der Waals surface area contributed by atoms with Crippen molar-refractivity contribution in [3.05, 3.63) is 49.1 Å². The number of urea groups is 1. The fourth-order valence-corrected chi connectivity index (χ4v) is 3.66. The highest BCUT2D eigenvalue weighted by Gasteiger charge is 2.40. The monoisotopic (exact) mass is 420 g/mol. The van der Waals surface area contributed by atoms with Crippen molar-refractivity contribution >= 4 is 17.8 Å². The summed E-state index contributed by atoms with van der Waals surface area (Å²) in [4.78, 5) is 32.6. The molecule has 0 saturated heterocycles. The van der Waals surface area contributed by atoms with Crippen molar-refractivity contribution in [1.29, 1.82) is 0 Å². The number of aromatic nitrogens is 4. The molecule has 3 amide bonds. The first-order valence-corrected chi connectivity index (χ1v) is 9.98. The number of imide groups is 1. The molecule has 0 unspecified atom stereocenters. The zero-order chi connectivity index (χ0) is 22.0. The smallest absolute Gasteiger partial charge is 0.327 e. The molecule has 1 fully saturated rings. The van der Waals surface area contributed by atoms with Crippen LogP contribution < -0.4 is 15.4 Å². The molecule has 1 aliphatic carbocycles. The largest absolute Gasteiger partial charge is 0.456 e. The van der Waals surface area contributed by atoms with Gasteiger partial charge in [0.15, 0.2) is 0 Å². The summed E-state index contributed by atoms with van der Waals surface area (Å²) in [6.07, 6.45) is 8.33. The Morgan fingerprint density at radius 1 is 1.13 bits per heavy atom. The minimum atomic E-state index is -0.592. The van der Waals surface area contributed by atoms with Crippen LogP contribution in [0, 0.1) is 11.3 Å².